The molecular weight excluding hydrogens is 300 g/mol. The molecule has 3 rings (SSSR count). The second kappa shape index (κ2) is 5.19. The standard InChI is InChI=1S/C16H16N2O5/c1-8(16(22)23)18(10-4-5-10)13(19)9-3-6-11-12(7-9)15(21)17(2)14(11)20/h3,6-8,10H,4-5H2,1-2H3,(H,22,23). The van der Waals surface area contributed by atoms with Crippen molar-refractivity contribution in [1.29, 1.82) is 0 Å². The Labute approximate surface area is 132 Å². The van der Waals surface area contributed by atoms with E-state index in [0.29, 0.717) is 0 Å². The van der Waals surface area contributed by atoms with Crippen LogP contribution >= 0.6 is 0 Å². The number of hydrogen-bond donors (Lipinski definition) is 1. The number of amides is 3. The summed E-state index contributed by atoms with van der Waals surface area (Å²) in [7, 11) is 1.38. The summed E-state index contributed by atoms with van der Waals surface area (Å²) in [5.41, 5.74) is 0.667. The topological polar surface area (TPSA) is 95.0 Å². The number of carboxylic acid groups (broad SMARTS) is 1. The molecule has 1 heterocycles. The fraction of sp³-hybridized carbons (Fsp3) is 0.375. The second-order valence-electron chi connectivity index (χ2n) is 5.89. The van der Waals surface area contributed by atoms with Gasteiger partial charge in [0.25, 0.3) is 17.7 Å². The molecule has 7 heteroatoms. The number of nitrogens with zero attached hydrogens (tertiary/aromatic N) is 2. The maximum absolute atomic E-state index is 12.7. The quantitative estimate of drug-likeness (QED) is 0.836. The molecule has 0 bridgehead atoms. The van der Waals surface area contributed by atoms with Crippen molar-refractivity contribution in [2.75, 3.05) is 7.05 Å². The highest BCUT2D eigenvalue weighted by molar-refractivity contribution is 6.21. The molecule has 1 saturated carbocycles. The number of rotatable bonds is 4. The summed E-state index contributed by atoms with van der Waals surface area (Å²) < 4.78 is 0. The van der Waals surface area contributed by atoms with Gasteiger partial charge in [-0.1, -0.05) is 0 Å². The van der Waals surface area contributed by atoms with Crippen molar-refractivity contribution in [3.8, 4) is 0 Å². The number of aliphatic carboxylic acids is 1. The zero-order valence-electron chi connectivity index (χ0n) is 12.8. The molecule has 1 aliphatic carbocycles. The van der Waals surface area contributed by atoms with E-state index >= 15 is 0 Å². The normalized spacial score (nSPS) is 17.9. The largest absolute Gasteiger partial charge is 0.480 e. The van der Waals surface area contributed by atoms with E-state index in [1.807, 2.05) is 0 Å². The first-order chi connectivity index (χ1) is 10.8. The molecule has 1 fully saturated rings. The fourth-order valence-corrected chi connectivity index (χ4v) is 2.77. The number of carbonyl (C=O) groups is 4. The Hall–Kier alpha value is -2.70. The fourth-order valence-electron chi connectivity index (χ4n) is 2.77. The van der Waals surface area contributed by atoms with Gasteiger partial charge in [0, 0.05) is 18.7 Å². The van der Waals surface area contributed by atoms with Crippen LogP contribution in [0.25, 0.3) is 0 Å². The van der Waals surface area contributed by atoms with Crippen LogP contribution in [-0.2, 0) is 4.79 Å². The Morgan fingerprint density at radius 1 is 1.22 bits per heavy atom. The van der Waals surface area contributed by atoms with Crippen LogP contribution in [0.15, 0.2) is 18.2 Å². The molecule has 1 aliphatic heterocycles. The van der Waals surface area contributed by atoms with Gasteiger partial charge in [-0.05, 0) is 38.0 Å². The van der Waals surface area contributed by atoms with Crippen LogP contribution in [0.1, 0.15) is 50.8 Å². The van der Waals surface area contributed by atoms with Gasteiger partial charge in [0.1, 0.15) is 6.04 Å². The minimum absolute atomic E-state index is 0.0816. The van der Waals surface area contributed by atoms with Gasteiger partial charge in [0.2, 0.25) is 0 Å². The molecule has 3 amide bonds. The maximum Gasteiger partial charge on any atom is 0.326 e. The van der Waals surface area contributed by atoms with Crippen LogP contribution in [0.2, 0.25) is 0 Å². The minimum atomic E-state index is -1.07. The number of imide groups is 1. The zero-order chi connectivity index (χ0) is 16.9. The molecular formula is C16H16N2O5. The summed E-state index contributed by atoms with van der Waals surface area (Å²) in [5.74, 6) is -2.36. The van der Waals surface area contributed by atoms with Crippen molar-refractivity contribution in [2.24, 2.45) is 0 Å². The lowest BCUT2D eigenvalue weighted by molar-refractivity contribution is -0.141. The summed E-state index contributed by atoms with van der Waals surface area (Å²) in [5, 5.41) is 9.19. The Kier molecular flexibility index (Phi) is 3.43. The van der Waals surface area contributed by atoms with Gasteiger partial charge < -0.3 is 10.0 Å². The summed E-state index contributed by atoms with van der Waals surface area (Å²) in [6, 6.07) is 3.27. The van der Waals surface area contributed by atoms with Crippen LogP contribution in [0, 0.1) is 0 Å². The molecule has 0 saturated heterocycles. The molecule has 1 unspecified atom stereocenters. The van der Waals surface area contributed by atoms with E-state index < -0.39 is 29.7 Å². The van der Waals surface area contributed by atoms with Gasteiger partial charge in [-0.15, -0.1) is 0 Å². The minimum Gasteiger partial charge on any atom is -0.480 e. The zero-order valence-corrected chi connectivity index (χ0v) is 12.8. The van der Waals surface area contributed by atoms with Crippen LogP contribution < -0.4 is 0 Å². The van der Waals surface area contributed by atoms with Crippen molar-refractivity contribution >= 4 is 23.7 Å². The van der Waals surface area contributed by atoms with E-state index in [2.05, 4.69) is 0 Å². The highest BCUT2D eigenvalue weighted by atomic mass is 16.4. The summed E-state index contributed by atoms with van der Waals surface area (Å²) in [6.45, 7) is 1.47. The Morgan fingerprint density at radius 2 is 1.83 bits per heavy atom. The van der Waals surface area contributed by atoms with E-state index in [1.165, 1.54) is 37.1 Å². The average Bonchev–Trinajstić information content (AvgIpc) is 3.33. The monoisotopic (exact) mass is 316 g/mol. The first-order valence-corrected chi connectivity index (χ1v) is 7.35. The molecule has 1 aromatic rings. The van der Waals surface area contributed by atoms with E-state index in [1.54, 1.807) is 0 Å². The van der Waals surface area contributed by atoms with Crippen molar-refractivity contribution in [3.63, 3.8) is 0 Å². The first-order valence-electron chi connectivity index (χ1n) is 7.35. The number of fused-ring (bicyclic) bond motifs is 1. The van der Waals surface area contributed by atoms with Gasteiger partial charge in [0.05, 0.1) is 11.1 Å². The predicted octanol–water partition coefficient (Wildman–Crippen LogP) is 0.990. The molecule has 120 valence electrons. The summed E-state index contributed by atoms with van der Waals surface area (Å²) >= 11 is 0. The van der Waals surface area contributed by atoms with E-state index in [9.17, 15) is 24.3 Å². The van der Waals surface area contributed by atoms with E-state index in [4.69, 9.17) is 0 Å². The van der Waals surface area contributed by atoms with E-state index in [0.717, 1.165) is 17.7 Å². The van der Waals surface area contributed by atoms with Crippen molar-refractivity contribution in [2.45, 2.75) is 31.8 Å². The SMILES string of the molecule is CC(C(=O)O)N(C(=O)c1ccc2c(c1)C(=O)N(C)C2=O)C1CC1. The van der Waals surface area contributed by atoms with Crippen LogP contribution in [0.5, 0.6) is 0 Å². The smallest absolute Gasteiger partial charge is 0.326 e. The van der Waals surface area contributed by atoms with Crippen LogP contribution in [0.4, 0.5) is 0 Å². The maximum atomic E-state index is 12.7. The summed E-state index contributed by atoms with van der Waals surface area (Å²) in [6.07, 6.45) is 1.54. The molecule has 2 aliphatic rings. The third-order valence-corrected chi connectivity index (χ3v) is 4.29. The molecule has 7 nitrogen and oxygen atoms in total. The second-order valence-corrected chi connectivity index (χ2v) is 5.89. The summed E-state index contributed by atoms with van der Waals surface area (Å²) in [4.78, 5) is 50.2. The number of carbonyl (C=O) groups excluding carboxylic acids is 3. The highest BCUT2D eigenvalue weighted by Gasteiger charge is 2.40. The van der Waals surface area contributed by atoms with Crippen molar-refractivity contribution in [3.05, 3.63) is 34.9 Å². The lowest BCUT2D eigenvalue weighted by Crippen LogP contribution is -2.44. The van der Waals surface area contributed by atoms with Gasteiger partial charge in [-0.25, -0.2) is 4.79 Å². The lowest BCUT2D eigenvalue weighted by atomic mass is 10.0. The molecule has 1 N–H and O–H groups in total. The molecule has 0 spiro atoms. The Morgan fingerprint density at radius 3 is 2.39 bits per heavy atom. The van der Waals surface area contributed by atoms with Gasteiger partial charge in [0.15, 0.2) is 0 Å². The molecule has 1 aromatic carbocycles. The third-order valence-electron chi connectivity index (χ3n) is 4.29. The highest BCUT2D eigenvalue weighted by Crippen LogP contribution is 2.31. The van der Waals surface area contributed by atoms with Gasteiger partial charge in [-0.3, -0.25) is 19.3 Å². The van der Waals surface area contributed by atoms with Crippen LogP contribution in [-0.4, -0.2) is 57.7 Å². The lowest BCUT2D eigenvalue weighted by Gasteiger charge is -2.26. The van der Waals surface area contributed by atoms with E-state index in [-0.39, 0.29) is 22.7 Å². The Bertz CT molecular complexity index is 738. The Balaban J connectivity index is 1.96. The van der Waals surface area contributed by atoms with Crippen molar-refractivity contribution < 1.29 is 24.3 Å². The molecule has 0 radical (unpaired) electrons. The number of benzene rings is 1. The average molecular weight is 316 g/mol. The predicted molar refractivity (Wildman–Crippen MR) is 79.2 cm³/mol. The number of carboxylic acids is 1. The molecule has 0 aromatic heterocycles. The third kappa shape index (κ3) is 2.38. The van der Waals surface area contributed by atoms with Gasteiger partial charge >= 0.3 is 5.97 Å². The number of hydrogen-bond acceptors (Lipinski definition) is 4. The molecule has 1 atom stereocenters. The first kappa shape index (κ1) is 15.2. The molecule has 23 heavy (non-hydrogen) atoms. The van der Waals surface area contributed by atoms with Gasteiger partial charge in [-0.2, -0.15) is 0 Å². The van der Waals surface area contributed by atoms with Crippen LogP contribution in [0.3, 0.4) is 0 Å². The van der Waals surface area contributed by atoms with Crippen molar-refractivity contribution in [1.82, 2.24) is 9.80 Å².